The average molecular weight is 607 g/mol. The van der Waals surface area contributed by atoms with Gasteiger partial charge in [-0.3, -0.25) is 4.79 Å². The van der Waals surface area contributed by atoms with Gasteiger partial charge in [-0.05, 0) is 54.4 Å². The molecular weight excluding hydrogens is 578 g/mol. The zero-order valence-corrected chi connectivity index (χ0v) is 23.7. The van der Waals surface area contributed by atoms with E-state index in [0.717, 1.165) is 15.6 Å². The number of rotatable bonds is 11. The van der Waals surface area contributed by atoms with Gasteiger partial charge in [-0.15, -0.1) is 0 Å². The summed E-state index contributed by atoms with van der Waals surface area (Å²) < 4.78 is 35.7. The van der Waals surface area contributed by atoms with Gasteiger partial charge in [-0.25, -0.2) is 18.6 Å². The maximum atomic E-state index is 13.0. The minimum Gasteiger partial charge on any atom is -0.488 e. The third-order valence-corrected chi connectivity index (χ3v) is 7.86. The van der Waals surface area contributed by atoms with Crippen LogP contribution in [-0.4, -0.2) is 20.5 Å². The molecule has 2 N–H and O–H groups in total. The molecule has 0 aliphatic heterocycles. The fourth-order valence-electron chi connectivity index (χ4n) is 3.75. The second kappa shape index (κ2) is 13.3. The standard InChI is InChI=1S/C30H28BrN3O4S/c1-22-11-17-27(18-12-22)39(36,37)34-28(24-7-3-2-4-8-24)19-30(35)33-32-20-25-9-5-6-10-29(25)38-21-23-13-15-26(31)16-14-23/h2-18,20,28,34H,19,21H2,1H3,(H,33,35)/b32-20-/t28-/m0/s1. The minimum atomic E-state index is -3.86. The van der Waals surface area contributed by atoms with Crippen LogP contribution in [0, 0.1) is 6.92 Å². The van der Waals surface area contributed by atoms with Crippen molar-refractivity contribution in [2.75, 3.05) is 0 Å². The maximum absolute atomic E-state index is 13.0. The molecule has 0 saturated heterocycles. The lowest BCUT2D eigenvalue weighted by molar-refractivity contribution is -0.121. The molecule has 0 aliphatic carbocycles. The van der Waals surface area contributed by atoms with Gasteiger partial charge in [-0.1, -0.05) is 88.2 Å². The van der Waals surface area contributed by atoms with Crippen molar-refractivity contribution in [3.05, 3.63) is 130 Å². The number of benzene rings is 4. The monoisotopic (exact) mass is 605 g/mol. The van der Waals surface area contributed by atoms with Gasteiger partial charge in [0.15, 0.2) is 0 Å². The summed E-state index contributed by atoms with van der Waals surface area (Å²) in [5.74, 6) is 0.173. The van der Waals surface area contributed by atoms with Crippen LogP contribution in [0.15, 0.2) is 118 Å². The SMILES string of the molecule is Cc1ccc(S(=O)(=O)N[C@@H](CC(=O)N/N=C\c2ccccc2OCc2ccc(Br)cc2)c2ccccc2)cc1. The maximum Gasteiger partial charge on any atom is 0.242 e. The molecular formula is C30H28BrN3O4S. The van der Waals surface area contributed by atoms with Crippen molar-refractivity contribution in [3.8, 4) is 5.75 Å². The predicted molar refractivity (Wildman–Crippen MR) is 156 cm³/mol. The van der Waals surface area contributed by atoms with Crippen molar-refractivity contribution >= 4 is 38.1 Å². The number of halogens is 1. The average Bonchev–Trinajstić information content (AvgIpc) is 2.93. The van der Waals surface area contributed by atoms with Crippen LogP contribution in [0.25, 0.3) is 0 Å². The van der Waals surface area contributed by atoms with Crippen LogP contribution in [-0.2, 0) is 21.4 Å². The van der Waals surface area contributed by atoms with Crippen LogP contribution >= 0.6 is 15.9 Å². The molecule has 39 heavy (non-hydrogen) atoms. The van der Waals surface area contributed by atoms with Crippen LogP contribution < -0.4 is 14.9 Å². The molecule has 4 aromatic rings. The summed E-state index contributed by atoms with van der Waals surface area (Å²) in [6.07, 6.45) is 1.36. The highest BCUT2D eigenvalue weighted by atomic mass is 79.9. The molecule has 0 unspecified atom stereocenters. The van der Waals surface area contributed by atoms with Crippen molar-refractivity contribution in [2.24, 2.45) is 5.10 Å². The number of sulfonamides is 1. The lowest BCUT2D eigenvalue weighted by Gasteiger charge is -2.18. The Balaban J connectivity index is 1.42. The van der Waals surface area contributed by atoms with Gasteiger partial charge in [0.1, 0.15) is 12.4 Å². The van der Waals surface area contributed by atoms with E-state index in [9.17, 15) is 13.2 Å². The molecule has 1 amide bonds. The first-order chi connectivity index (χ1) is 18.8. The Hall–Kier alpha value is -3.79. The minimum absolute atomic E-state index is 0.132. The Labute approximate surface area is 237 Å². The molecule has 0 aromatic heterocycles. The van der Waals surface area contributed by atoms with Gasteiger partial charge < -0.3 is 4.74 Å². The summed E-state index contributed by atoms with van der Waals surface area (Å²) in [4.78, 5) is 12.9. The van der Waals surface area contributed by atoms with Crippen molar-refractivity contribution < 1.29 is 17.9 Å². The van der Waals surface area contributed by atoms with Crippen LogP contribution in [0.3, 0.4) is 0 Å². The lowest BCUT2D eigenvalue weighted by Crippen LogP contribution is -2.32. The molecule has 0 radical (unpaired) electrons. The third kappa shape index (κ3) is 8.35. The van der Waals surface area contributed by atoms with Crippen molar-refractivity contribution in [3.63, 3.8) is 0 Å². The van der Waals surface area contributed by atoms with E-state index < -0.39 is 22.0 Å². The van der Waals surface area contributed by atoms with Gasteiger partial charge >= 0.3 is 0 Å². The number of para-hydroxylation sites is 1. The van der Waals surface area contributed by atoms with Crippen LogP contribution in [0.4, 0.5) is 0 Å². The molecule has 4 rings (SSSR count). The quantitative estimate of drug-likeness (QED) is 0.164. The molecule has 0 saturated carbocycles. The largest absolute Gasteiger partial charge is 0.488 e. The fourth-order valence-corrected chi connectivity index (χ4v) is 5.24. The van der Waals surface area contributed by atoms with E-state index in [1.165, 1.54) is 6.21 Å². The molecule has 0 spiro atoms. The Morgan fingerprint density at radius 2 is 1.59 bits per heavy atom. The van der Waals surface area contributed by atoms with Gasteiger partial charge in [0.05, 0.1) is 17.2 Å². The van der Waals surface area contributed by atoms with Crippen molar-refractivity contribution in [2.45, 2.75) is 30.9 Å². The second-order valence-electron chi connectivity index (χ2n) is 8.85. The number of ether oxygens (including phenoxy) is 1. The van der Waals surface area contributed by atoms with Crippen molar-refractivity contribution in [1.82, 2.24) is 10.1 Å². The normalized spacial score (nSPS) is 12.3. The van der Waals surface area contributed by atoms with E-state index in [4.69, 9.17) is 4.74 Å². The van der Waals surface area contributed by atoms with E-state index in [1.54, 1.807) is 48.5 Å². The van der Waals surface area contributed by atoms with Gasteiger partial charge in [0, 0.05) is 16.5 Å². The molecule has 0 bridgehead atoms. The Morgan fingerprint density at radius 3 is 2.31 bits per heavy atom. The van der Waals surface area contributed by atoms with Crippen molar-refractivity contribution in [1.29, 1.82) is 0 Å². The van der Waals surface area contributed by atoms with Gasteiger partial charge in [-0.2, -0.15) is 5.10 Å². The van der Waals surface area contributed by atoms with E-state index in [2.05, 4.69) is 31.2 Å². The van der Waals surface area contributed by atoms with E-state index in [1.807, 2.05) is 61.5 Å². The van der Waals surface area contributed by atoms with E-state index in [0.29, 0.717) is 23.5 Å². The smallest absolute Gasteiger partial charge is 0.242 e. The topological polar surface area (TPSA) is 96.9 Å². The Bertz CT molecular complexity index is 1520. The number of hydrazone groups is 1. The fraction of sp³-hybridized carbons (Fsp3) is 0.133. The molecule has 200 valence electrons. The highest BCUT2D eigenvalue weighted by Crippen LogP contribution is 2.21. The Kier molecular flexibility index (Phi) is 9.64. The molecule has 0 fully saturated rings. The number of amides is 1. The van der Waals surface area contributed by atoms with Crippen LogP contribution in [0.1, 0.15) is 34.7 Å². The molecule has 9 heteroatoms. The lowest BCUT2D eigenvalue weighted by atomic mass is 10.0. The van der Waals surface area contributed by atoms with Crippen LogP contribution in [0.2, 0.25) is 0 Å². The number of nitrogens with zero attached hydrogens (tertiary/aromatic N) is 1. The number of hydrogen-bond donors (Lipinski definition) is 2. The zero-order valence-electron chi connectivity index (χ0n) is 21.3. The molecule has 7 nitrogen and oxygen atoms in total. The summed E-state index contributed by atoms with van der Waals surface area (Å²) in [5.41, 5.74) is 5.82. The first-order valence-electron chi connectivity index (χ1n) is 12.2. The molecule has 4 aromatic carbocycles. The zero-order chi connectivity index (χ0) is 27.7. The van der Waals surface area contributed by atoms with Gasteiger partial charge in [0.2, 0.25) is 15.9 Å². The summed E-state index contributed by atoms with van der Waals surface area (Å²) in [6.45, 7) is 2.26. The molecule has 1 atom stereocenters. The second-order valence-corrected chi connectivity index (χ2v) is 11.5. The molecule has 0 aliphatic rings. The first kappa shape index (κ1) is 28.2. The first-order valence-corrected chi connectivity index (χ1v) is 14.5. The third-order valence-electron chi connectivity index (χ3n) is 5.84. The number of aryl methyl sites for hydroxylation is 1. The summed E-state index contributed by atoms with van der Waals surface area (Å²) >= 11 is 3.42. The number of carbonyl (C=O) groups excluding carboxylic acids is 1. The number of nitrogens with one attached hydrogen (secondary N) is 2. The summed E-state index contributed by atoms with van der Waals surface area (Å²) in [7, 11) is -3.86. The summed E-state index contributed by atoms with van der Waals surface area (Å²) in [5, 5.41) is 4.09. The summed E-state index contributed by atoms with van der Waals surface area (Å²) in [6, 6.07) is 29.9. The highest BCUT2D eigenvalue weighted by molar-refractivity contribution is 9.10. The predicted octanol–water partition coefficient (Wildman–Crippen LogP) is 5.90. The highest BCUT2D eigenvalue weighted by Gasteiger charge is 2.23. The van der Waals surface area contributed by atoms with E-state index >= 15 is 0 Å². The van der Waals surface area contributed by atoms with Crippen LogP contribution in [0.5, 0.6) is 5.75 Å². The number of hydrogen-bond acceptors (Lipinski definition) is 5. The Morgan fingerprint density at radius 1 is 0.923 bits per heavy atom. The van der Waals surface area contributed by atoms with E-state index in [-0.39, 0.29) is 11.3 Å². The number of carbonyl (C=O) groups is 1. The molecule has 0 heterocycles. The van der Waals surface area contributed by atoms with Gasteiger partial charge in [0.25, 0.3) is 0 Å².